The van der Waals surface area contributed by atoms with Crippen molar-refractivity contribution in [3.63, 3.8) is 0 Å². The largest absolute Gasteiger partial charge is 0.508 e. The number of phenols is 1. The fourth-order valence-electron chi connectivity index (χ4n) is 8.36. The Kier molecular flexibility index (Phi) is 5.17. The lowest BCUT2D eigenvalue weighted by molar-refractivity contribution is -0.182. The number of piperidine rings is 1. The van der Waals surface area contributed by atoms with Gasteiger partial charge in [-0.15, -0.1) is 0 Å². The molecule has 6 aliphatic rings. The summed E-state index contributed by atoms with van der Waals surface area (Å²) in [6.07, 6.45) is 6.67. The molecule has 8 nitrogen and oxygen atoms in total. The van der Waals surface area contributed by atoms with E-state index in [2.05, 4.69) is 11.4 Å². The molecule has 6 fully saturated rings. The number of aliphatic hydroxyl groups is 1. The Hall–Kier alpha value is -2.63. The zero-order valence-electron chi connectivity index (χ0n) is 19.9. The number of amides is 2. The smallest absolute Gasteiger partial charge is 0.247 e. The number of aromatic hydroxyl groups is 1. The van der Waals surface area contributed by atoms with Gasteiger partial charge in [0.1, 0.15) is 17.8 Å². The second-order valence-corrected chi connectivity index (χ2v) is 12.2. The molecule has 0 aromatic heterocycles. The van der Waals surface area contributed by atoms with E-state index in [0.717, 1.165) is 44.1 Å². The van der Waals surface area contributed by atoms with E-state index in [0.29, 0.717) is 30.6 Å². The minimum absolute atomic E-state index is 0.0919. The van der Waals surface area contributed by atoms with Crippen molar-refractivity contribution in [1.29, 1.82) is 5.26 Å². The fraction of sp³-hybridized carbons (Fsp3) is 0.667. The average Bonchev–Trinajstić information content (AvgIpc) is 3.46. The van der Waals surface area contributed by atoms with Crippen molar-refractivity contribution in [3.05, 3.63) is 29.8 Å². The van der Waals surface area contributed by atoms with Crippen molar-refractivity contribution >= 4 is 11.8 Å². The van der Waals surface area contributed by atoms with Crippen LogP contribution in [0.15, 0.2) is 24.3 Å². The predicted molar refractivity (Wildman–Crippen MR) is 127 cm³/mol. The summed E-state index contributed by atoms with van der Waals surface area (Å²) < 4.78 is 0. The summed E-state index contributed by atoms with van der Waals surface area (Å²) in [5, 5.41) is 33.7. The molecule has 1 heterocycles. The molecular formula is C27H34N4O4. The first-order valence-electron chi connectivity index (χ1n) is 13.0. The Morgan fingerprint density at radius 1 is 1.14 bits per heavy atom. The third kappa shape index (κ3) is 3.89. The van der Waals surface area contributed by atoms with Crippen molar-refractivity contribution in [1.82, 2.24) is 10.2 Å². The molecule has 35 heavy (non-hydrogen) atoms. The van der Waals surface area contributed by atoms with Crippen LogP contribution >= 0.6 is 0 Å². The van der Waals surface area contributed by atoms with Crippen molar-refractivity contribution in [2.45, 2.75) is 87.6 Å². The van der Waals surface area contributed by atoms with Crippen LogP contribution in [0.3, 0.4) is 0 Å². The molecule has 1 saturated heterocycles. The van der Waals surface area contributed by atoms with Gasteiger partial charge in [-0.25, -0.2) is 0 Å². The summed E-state index contributed by atoms with van der Waals surface area (Å²) in [5.41, 5.74) is 5.84. The van der Waals surface area contributed by atoms with Gasteiger partial charge in [-0.3, -0.25) is 9.59 Å². The van der Waals surface area contributed by atoms with Crippen molar-refractivity contribution < 1.29 is 19.8 Å². The quantitative estimate of drug-likeness (QED) is 0.490. The van der Waals surface area contributed by atoms with Crippen LogP contribution in [0.4, 0.5) is 0 Å². The first-order valence-corrected chi connectivity index (χ1v) is 13.0. The maximum absolute atomic E-state index is 14.1. The highest BCUT2D eigenvalue weighted by atomic mass is 16.3. The van der Waals surface area contributed by atoms with Gasteiger partial charge in [-0.05, 0) is 93.2 Å². The van der Waals surface area contributed by atoms with Gasteiger partial charge in [0.15, 0.2) is 0 Å². The van der Waals surface area contributed by atoms with E-state index in [9.17, 15) is 25.1 Å². The molecule has 4 bridgehead atoms. The monoisotopic (exact) mass is 478 g/mol. The lowest BCUT2D eigenvalue weighted by Crippen LogP contribution is -2.67. The summed E-state index contributed by atoms with van der Waals surface area (Å²) in [4.78, 5) is 29.3. The average molecular weight is 479 g/mol. The summed E-state index contributed by atoms with van der Waals surface area (Å²) in [7, 11) is 0. The number of carbonyl (C=O) groups excluding carboxylic acids is 2. The van der Waals surface area contributed by atoms with Crippen LogP contribution in [0.2, 0.25) is 0 Å². The van der Waals surface area contributed by atoms with Crippen LogP contribution in [0.5, 0.6) is 5.75 Å². The zero-order chi connectivity index (χ0) is 24.5. The molecule has 5 N–H and O–H groups in total. The maximum Gasteiger partial charge on any atom is 0.247 e. The molecule has 7 atom stereocenters. The first-order chi connectivity index (χ1) is 16.7. The van der Waals surface area contributed by atoms with Crippen LogP contribution in [0.1, 0.15) is 56.9 Å². The fourth-order valence-corrected chi connectivity index (χ4v) is 8.36. The molecule has 5 saturated carbocycles. The van der Waals surface area contributed by atoms with E-state index in [1.54, 1.807) is 29.2 Å². The van der Waals surface area contributed by atoms with Gasteiger partial charge in [-0.1, -0.05) is 12.1 Å². The summed E-state index contributed by atoms with van der Waals surface area (Å²) >= 11 is 0. The second kappa shape index (κ2) is 7.94. The Labute approximate surface area is 205 Å². The third-order valence-electron chi connectivity index (χ3n) is 9.46. The number of hydrogen-bond acceptors (Lipinski definition) is 6. The highest BCUT2D eigenvalue weighted by molar-refractivity contribution is 5.91. The van der Waals surface area contributed by atoms with E-state index >= 15 is 0 Å². The number of phenolic OH excluding ortho intramolecular Hbond substituents is 1. The summed E-state index contributed by atoms with van der Waals surface area (Å²) in [6, 6.07) is 6.89. The highest BCUT2D eigenvalue weighted by Crippen LogP contribution is 2.63. The molecule has 1 aliphatic heterocycles. The minimum Gasteiger partial charge on any atom is -0.508 e. The van der Waals surface area contributed by atoms with Crippen molar-refractivity contribution in [2.75, 3.05) is 0 Å². The lowest BCUT2D eigenvalue weighted by atomic mass is 9.46. The Morgan fingerprint density at radius 3 is 2.46 bits per heavy atom. The molecule has 186 valence electrons. The molecule has 0 radical (unpaired) electrons. The van der Waals surface area contributed by atoms with Gasteiger partial charge >= 0.3 is 0 Å². The first kappa shape index (κ1) is 22.8. The molecule has 7 rings (SSSR count). The van der Waals surface area contributed by atoms with Gasteiger partial charge in [0.05, 0.1) is 17.7 Å². The second-order valence-electron chi connectivity index (χ2n) is 12.2. The number of nitrogens with zero attached hydrogens (tertiary/aromatic N) is 2. The normalized spacial score (nSPS) is 40.0. The number of rotatable bonds is 6. The highest BCUT2D eigenvalue weighted by Gasteiger charge is 2.64. The zero-order valence-corrected chi connectivity index (χ0v) is 19.9. The molecule has 2 amide bonds. The number of benzene rings is 1. The number of nitrogens with one attached hydrogen (secondary N) is 1. The van der Waals surface area contributed by atoms with E-state index < -0.39 is 29.1 Å². The van der Waals surface area contributed by atoms with Gasteiger partial charge in [0.25, 0.3) is 0 Å². The van der Waals surface area contributed by atoms with Crippen LogP contribution in [0, 0.1) is 34.5 Å². The van der Waals surface area contributed by atoms with Crippen LogP contribution in [0.25, 0.3) is 0 Å². The van der Waals surface area contributed by atoms with Gasteiger partial charge in [-0.2, -0.15) is 5.26 Å². The van der Waals surface area contributed by atoms with Gasteiger partial charge in [0, 0.05) is 11.5 Å². The third-order valence-corrected chi connectivity index (χ3v) is 9.46. The number of fused-ring (bicyclic) bond motifs is 1. The van der Waals surface area contributed by atoms with Gasteiger partial charge in [0.2, 0.25) is 11.8 Å². The Balaban J connectivity index is 1.28. The topological polar surface area (TPSA) is 140 Å². The standard InChI is InChI=1S/C27H34N4O4/c28-13-19-7-18-8-22(18)31(19)25(34)23(26-9-16-5-17(10-26)12-27(35,11-16)14-26)30-24(33)21(29)6-15-1-3-20(32)4-2-15/h1-4,16-19,21-23,32,35H,5-12,14,29H2,(H,30,33). The van der Waals surface area contributed by atoms with Crippen molar-refractivity contribution in [2.24, 2.45) is 28.9 Å². The number of hydrogen-bond donors (Lipinski definition) is 4. The molecule has 5 aliphatic carbocycles. The number of carbonyl (C=O) groups is 2. The van der Waals surface area contributed by atoms with Crippen LogP contribution in [-0.2, 0) is 16.0 Å². The number of nitriles is 1. The molecule has 8 heteroatoms. The van der Waals surface area contributed by atoms with Crippen molar-refractivity contribution in [3.8, 4) is 11.8 Å². The van der Waals surface area contributed by atoms with E-state index in [4.69, 9.17) is 5.73 Å². The predicted octanol–water partition coefficient (Wildman–Crippen LogP) is 1.59. The van der Waals surface area contributed by atoms with Gasteiger partial charge < -0.3 is 26.2 Å². The van der Waals surface area contributed by atoms with Crippen LogP contribution < -0.4 is 11.1 Å². The minimum atomic E-state index is -0.856. The summed E-state index contributed by atoms with van der Waals surface area (Å²) in [5.74, 6) is 0.693. The Morgan fingerprint density at radius 2 is 1.83 bits per heavy atom. The van der Waals surface area contributed by atoms with E-state index in [1.807, 2.05) is 0 Å². The summed E-state index contributed by atoms with van der Waals surface area (Å²) in [6.45, 7) is 0. The molecule has 7 unspecified atom stereocenters. The number of nitrogens with two attached hydrogens (primary N) is 1. The molecule has 0 spiro atoms. The lowest BCUT2D eigenvalue weighted by Gasteiger charge is -2.62. The Bertz CT molecular complexity index is 1070. The molecular weight excluding hydrogens is 444 g/mol. The SMILES string of the molecule is N#CC1CC2CC2N1C(=O)C(NC(=O)C(N)Cc1ccc(O)cc1)C12CC3CC(CC(O)(C3)C1)C2. The maximum atomic E-state index is 14.1. The van der Waals surface area contributed by atoms with E-state index in [1.165, 1.54) is 0 Å². The molecule has 1 aromatic rings. The van der Waals surface area contributed by atoms with Crippen LogP contribution in [-0.4, -0.2) is 56.7 Å². The number of likely N-dealkylation sites (tertiary alicyclic amines) is 1. The molecule has 1 aromatic carbocycles. The van der Waals surface area contributed by atoms with E-state index in [-0.39, 0.29) is 30.0 Å².